The van der Waals surface area contributed by atoms with Crippen molar-refractivity contribution < 1.29 is 14.3 Å². The average molecular weight is 416 g/mol. The molecule has 2 aromatic heterocycles. The Kier molecular flexibility index (Phi) is 4.31. The molecule has 0 atom stereocenters. The Morgan fingerprint density at radius 2 is 1.79 bits per heavy atom. The summed E-state index contributed by atoms with van der Waals surface area (Å²) >= 11 is 1.13. The van der Waals surface area contributed by atoms with Gasteiger partial charge in [-0.25, -0.2) is 9.78 Å². The molecule has 0 aliphatic heterocycles. The van der Waals surface area contributed by atoms with Gasteiger partial charge < -0.3 is 15.0 Å². The fourth-order valence-electron chi connectivity index (χ4n) is 6.24. The number of hydrogen-bond acceptors (Lipinski definition) is 6. The Balaban J connectivity index is 1.26. The van der Waals surface area contributed by atoms with E-state index in [9.17, 15) is 14.4 Å². The summed E-state index contributed by atoms with van der Waals surface area (Å²) in [6, 6.07) is 0. The monoisotopic (exact) mass is 415 g/mol. The fraction of sp³-hybridized carbons (Fsp3) is 0.619. The lowest BCUT2D eigenvalue weighted by Crippen LogP contribution is -2.60. The molecule has 0 radical (unpaired) electrons. The molecule has 0 spiro atoms. The first kappa shape index (κ1) is 18.8. The van der Waals surface area contributed by atoms with E-state index < -0.39 is 5.97 Å². The van der Waals surface area contributed by atoms with Crippen molar-refractivity contribution in [1.29, 1.82) is 0 Å². The molecule has 29 heavy (non-hydrogen) atoms. The third-order valence-corrected chi connectivity index (χ3v) is 8.05. The number of rotatable bonds is 4. The molecule has 7 nitrogen and oxygen atoms in total. The van der Waals surface area contributed by atoms with E-state index in [2.05, 4.69) is 15.3 Å². The highest BCUT2D eigenvalue weighted by molar-refractivity contribution is 7.20. The van der Waals surface area contributed by atoms with Crippen LogP contribution in [0.15, 0.2) is 4.79 Å². The van der Waals surface area contributed by atoms with Crippen LogP contribution in [0.3, 0.4) is 0 Å². The van der Waals surface area contributed by atoms with Gasteiger partial charge in [0.05, 0.1) is 5.39 Å². The molecule has 1 amide bonds. The number of fused-ring (bicyclic) bond motifs is 1. The summed E-state index contributed by atoms with van der Waals surface area (Å²) in [4.78, 5) is 45.1. The van der Waals surface area contributed by atoms with E-state index in [-0.39, 0.29) is 23.6 Å². The van der Waals surface area contributed by atoms with E-state index in [0.717, 1.165) is 48.4 Å². The lowest BCUT2D eigenvalue weighted by atomic mass is 9.53. The highest BCUT2D eigenvalue weighted by Gasteiger charge is 2.51. The zero-order valence-electron chi connectivity index (χ0n) is 16.7. The number of ether oxygens (including phenoxy) is 1. The van der Waals surface area contributed by atoms with Crippen molar-refractivity contribution in [2.24, 2.45) is 17.8 Å². The van der Waals surface area contributed by atoms with Crippen molar-refractivity contribution in [2.45, 2.75) is 57.9 Å². The zero-order chi connectivity index (χ0) is 20.3. The van der Waals surface area contributed by atoms with E-state index in [4.69, 9.17) is 4.74 Å². The van der Waals surface area contributed by atoms with Crippen molar-refractivity contribution in [3.05, 3.63) is 26.6 Å². The number of carbonyl (C=O) groups excluding carboxylic acids is 2. The maximum atomic E-state index is 12.6. The van der Waals surface area contributed by atoms with Gasteiger partial charge in [0.25, 0.3) is 11.5 Å². The Hall–Kier alpha value is -2.22. The van der Waals surface area contributed by atoms with Crippen LogP contribution in [0.5, 0.6) is 0 Å². The number of aromatic nitrogens is 2. The van der Waals surface area contributed by atoms with Gasteiger partial charge in [0, 0.05) is 5.54 Å². The van der Waals surface area contributed by atoms with Gasteiger partial charge in [0.15, 0.2) is 6.61 Å². The summed E-state index contributed by atoms with van der Waals surface area (Å²) in [5.41, 5.74) is 0.186. The van der Waals surface area contributed by atoms with Crippen molar-refractivity contribution in [3.63, 3.8) is 0 Å². The van der Waals surface area contributed by atoms with Crippen molar-refractivity contribution in [1.82, 2.24) is 15.3 Å². The van der Waals surface area contributed by atoms with Gasteiger partial charge in [0.2, 0.25) is 0 Å². The lowest BCUT2D eigenvalue weighted by Gasteiger charge is -2.56. The third-order valence-electron chi connectivity index (χ3n) is 6.88. The second kappa shape index (κ2) is 6.65. The molecular weight excluding hydrogens is 390 g/mol. The molecule has 4 fully saturated rings. The number of nitrogens with one attached hydrogen (secondary N) is 2. The first-order chi connectivity index (χ1) is 13.8. The highest BCUT2D eigenvalue weighted by Crippen LogP contribution is 2.55. The molecule has 0 saturated heterocycles. The number of amides is 1. The van der Waals surface area contributed by atoms with E-state index in [0.29, 0.717) is 26.5 Å². The molecule has 6 rings (SSSR count). The van der Waals surface area contributed by atoms with Gasteiger partial charge in [0.1, 0.15) is 15.5 Å². The van der Waals surface area contributed by atoms with E-state index in [1.807, 2.05) is 0 Å². The van der Waals surface area contributed by atoms with E-state index >= 15 is 0 Å². The van der Waals surface area contributed by atoms with Gasteiger partial charge >= 0.3 is 5.97 Å². The van der Waals surface area contributed by atoms with Gasteiger partial charge in [-0.3, -0.25) is 9.59 Å². The summed E-state index contributed by atoms with van der Waals surface area (Å²) in [6.07, 6.45) is 7.09. The first-order valence-electron chi connectivity index (χ1n) is 10.3. The molecule has 2 N–H and O–H groups in total. The molecule has 4 aliphatic carbocycles. The van der Waals surface area contributed by atoms with Crippen molar-refractivity contribution in [3.8, 4) is 0 Å². The van der Waals surface area contributed by atoms with Crippen LogP contribution >= 0.6 is 11.3 Å². The van der Waals surface area contributed by atoms with Crippen LogP contribution in [0.2, 0.25) is 0 Å². The third kappa shape index (κ3) is 3.27. The van der Waals surface area contributed by atoms with E-state index in [1.54, 1.807) is 13.8 Å². The van der Waals surface area contributed by atoms with Gasteiger partial charge in [-0.1, -0.05) is 0 Å². The Morgan fingerprint density at radius 1 is 1.17 bits per heavy atom. The quantitative estimate of drug-likeness (QED) is 0.748. The molecule has 154 valence electrons. The SMILES string of the molecule is Cc1nc2sc(C(=O)OCC(=O)NC34CC5CC(CC(C5)C3)C4)c(C)c2c(=O)[nH]1. The van der Waals surface area contributed by atoms with Crippen LogP contribution in [0.1, 0.15) is 59.6 Å². The Labute approximate surface area is 172 Å². The number of hydrogen-bond donors (Lipinski definition) is 2. The smallest absolute Gasteiger partial charge is 0.349 e. The molecule has 2 heterocycles. The molecule has 4 aliphatic rings. The van der Waals surface area contributed by atoms with Crippen LogP contribution in [0.4, 0.5) is 0 Å². The number of esters is 1. The largest absolute Gasteiger partial charge is 0.451 e. The summed E-state index contributed by atoms with van der Waals surface area (Å²) in [7, 11) is 0. The summed E-state index contributed by atoms with van der Waals surface area (Å²) in [6.45, 7) is 3.11. The summed E-state index contributed by atoms with van der Waals surface area (Å²) < 4.78 is 5.30. The second-order valence-corrected chi connectivity index (χ2v) is 10.2. The summed E-state index contributed by atoms with van der Waals surface area (Å²) in [5, 5.41) is 3.62. The maximum Gasteiger partial charge on any atom is 0.349 e. The Morgan fingerprint density at radius 3 is 2.41 bits per heavy atom. The van der Waals surface area contributed by atoms with Crippen molar-refractivity contribution in [2.75, 3.05) is 6.61 Å². The number of carbonyl (C=O) groups is 2. The minimum atomic E-state index is -0.580. The first-order valence-corrected chi connectivity index (χ1v) is 11.1. The second-order valence-electron chi connectivity index (χ2n) is 9.21. The fourth-order valence-corrected chi connectivity index (χ4v) is 7.36. The molecule has 4 bridgehead atoms. The normalized spacial score (nSPS) is 29.9. The zero-order valence-corrected chi connectivity index (χ0v) is 17.5. The Bertz CT molecular complexity index is 1030. The standard InChI is InChI=1S/C21H25N3O4S/c1-10-16-18(26)22-11(2)23-19(16)29-17(10)20(27)28-9-15(25)24-21-6-12-3-13(7-21)5-14(4-12)8-21/h12-14H,3-9H2,1-2H3,(H,24,25)(H,22,23,26). The van der Waals surface area contributed by atoms with Crippen molar-refractivity contribution >= 4 is 33.4 Å². The van der Waals surface area contributed by atoms with Gasteiger partial charge in [-0.05, 0) is 75.7 Å². The minimum absolute atomic E-state index is 0.0967. The summed E-state index contributed by atoms with van der Waals surface area (Å²) in [5.74, 6) is 1.89. The number of H-pyrrole nitrogens is 1. The van der Waals surface area contributed by atoms with Gasteiger partial charge in [-0.15, -0.1) is 11.3 Å². The topological polar surface area (TPSA) is 101 Å². The number of aromatic amines is 1. The molecular formula is C21H25N3O4S. The molecule has 0 unspecified atom stereocenters. The minimum Gasteiger partial charge on any atom is -0.451 e. The van der Waals surface area contributed by atoms with Crippen LogP contribution in [-0.4, -0.2) is 34.0 Å². The number of thiophene rings is 1. The molecule has 4 saturated carbocycles. The van der Waals surface area contributed by atoms with Crippen LogP contribution in [0.25, 0.3) is 10.2 Å². The molecule has 8 heteroatoms. The lowest BCUT2D eigenvalue weighted by molar-refractivity contribution is -0.130. The molecule has 0 aromatic carbocycles. The van der Waals surface area contributed by atoms with Gasteiger partial charge in [-0.2, -0.15) is 0 Å². The predicted octanol–water partition coefficient (Wildman–Crippen LogP) is 2.84. The van der Waals surface area contributed by atoms with Crippen LogP contribution in [0, 0.1) is 31.6 Å². The van der Waals surface area contributed by atoms with Crippen LogP contribution < -0.4 is 10.9 Å². The maximum absolute atomic E-state index is 12.6. The van der Waals surface area contributed by atoms with E-state index in [1.165, 1.54) is 19.3 Å². The molecule has 2 aromatic rings. The van der Waals surface area contributed by atoms with Crippen LogP contribution in [-0.2, 0) is 9.53 Å². The number of aryl methyl sites for hydroxylation is 2. The highest BCUT2D eigenvalue weighted by atomic mass is 32.1. The predicted molar refractivity (Wildman–Crippen MR) is 109 cm³/mol. The number of nitrogens with zero attached hydrogens (tertiary/aromatic N) is 1. The average Bonchev–Trinajstić information content (AvgIpc) is 2.94.